The number of nitrogens with zero attached hydrogens (tertiary/aromatic N) is 1. The van der Waals surface area contributed by atoms with Crippen LogP contribution in [0, 0.1) is 5.92 Å². The number of hydrogen-bond donors (Lipinski definition) is 1. The second-order valence-electron chi connectivity index (χ2n) is 9.14. The maximum atomic E-state index is 12.9. The monoisotopic (exact) mass is 446 g/mol. The van der Waals surface area contributed by atoms with E-state index in [2.05, 4.69) is 11.1 Å². The fourth-order valence-corrected chi connectivity index (χ4v) is 4.42. The van der Waals surface area contributed by atoms with E-state index < -0.39 is 23.8 Å². The third-order valence-corrected chi connectivity index (χ3v) is 5.81. The molecule has 2 heterocycles. The summed E-state index contributed by atoms with van der Waals surface area (Å²) in [4.78, 5) is 30.8. The molecule has 1 aromatic heterocycles. The first-order valence-electron chi connectivity index (χ1n) is 10.9. The minimum atomic E-state index is -0.756. The summed E-state index contributed by atoms with van der Waals surface area (Å²) in [5, 5.41) is 1.13. The Morgan fingerprint density at radius 2 is 1.84 bits per heavy atom. The Hall–Kier alpha value is -2.58. The number of para-hydroxylation sites is 1. The van der Waals surface area contributed by atoms with Crippen molar-refractivity contribution in [1.82, 2.24) is 9.88 Å². The van der Waals surface area contributed by atoms with E-state index in [1.165, 1.54) is 21.3 Å². The van der Waals surface area contributed by atoms with E-state index in [1.54, 1.807) is 4.90 Å². The van der Waals surface area contributed by atoms with Gasteiger partial charge in [0.15, 0.2) is 6.29 Å². The van der Waals surface area contributed by atoms with Gasteiger partial charge in [0, 0.05) is 49.8 Å². The van der Waals surface area contributed by atoms with Crippen molar-refractivity contribution in [3.05, 3.63) is 35.5 Å². The maximum absolute atomic E-state index is 12.9. The van der Waals surface area contributed by atoms with E-state index in [1.807, 2.05) is 39.0 Å². The van der Waals surface area contributed by atoms with Crippen LogP contribution >= 0.6 is 0 Å². The number of rotatable bonds is 6. The number of methoxy groups -OCH3 is 3. The first-order valence-corrected chi connectivity index (χ1v) is 10.9. The molecule has 2 atom stereocenters. The molecular formula is C24H34N2O6. The zero-order chi connectivity index (χ0) is 23.5. The minimum Gasteiger partial charge on any atom is -0.469 e. The third-order valence-electron chi connectivity index (χ3n) is 5.81. The highest BCUT2D eigenvalue weighted by molar-refractivity contribution is 5.85. The predicted octanol–water partition coefficient (Wildman–Crippen LogP) is 3.84. The molecule has 32 heavy (non-hydrogen) atoms. The summed E-state index contributed by atoms with van der Waals surface area (Å²) in [6, 6.07) is 8.11. The van der Waals surface area contributed by atoms with Crippen molar-refractivity contribution in [1.29, 1.82) is 0 Å². The minimum absolute atomic E-state index is 0.163. The van der Waals surface area contributed by atoms with Gasteiger partial charge in [0.05, 0.1) is 7.11 Å². The van der Waals surface area contributed by atoms with Crippen LogP contribution in [0.3, 0.4) is 0 Å². The SMILES string of the molecule is COC(=O)C(CC1CN(C(=O)OC(C)(C)C)CCc2c1[nH]c1ccccc21)C(OC)OC. The summed E-state index contributed by atoms with van der Waals surface area (Å²) in [7, 11) is 4.35. The number of amides is 1. The maximum Gasteiger partial charge on any atom is 0.410 e. The van der Waals surface area contributed by atoms with E-state index in [0.717, 1.165) is 22.2 Å². The molecule has 0 aliphatic carbocycles. The van der Waals surface area contributed by atoms with Gasteiger partial charge in [0.2, 0.25) is 0 Å². The van der Waals surface area contributed by atoms with Crippen LogP contribution < -0.4 is 0 Å². The van der Waals surface area contributed by atoms with Crippen molar-refractivity contribution in [3.8, 4) is 0 Å². The van der Waals surface area contributed by atoms with Crippen LogP contribution in [0.25, 0.3) is 10.9 Å². The highest BCUT2D eigenvalue weighted by Gasteiger charge is 2.37. The highest BCUT2D eigenvalue weighted by atomic mass is 16.7. The Kier molecular flexibility index (Phi) is 7.46. The van der Waals surface area contributed by atoms with Gasteiger partial charge >= 0.3 is 12.1 Å². The van der Waals surface area contributed by atoms with Crippen LogP contribution in [-0.2, 0) is 30.2 Å². The van der Waals surface area contributed by atoms with Crippen LogP contribution in [0.2, 0.25) is 0 Å². The molecule has 0 saturated carbocycles. The molecule has 0 bridgehead atoms. The summed E-state index contributed by atoms with van der Waals surface area (Å²) in [5.74, 6) is -1.23. The van der Waals surface area contributed by atoms with E-state index >= 15 is 0 Å². The highest BCUT2D eigenvalue weighted by Crippen LogP contribution is 2.36. The number of hydrogen-bond acceptors (Lipinski definition) is 6. The number of H-pyrrole nitrogens is 1. The summed E-state index contributed by atoms with van der Waals surface area (Å²) >= 11 is 0. The largest absolute Gasteiger partial charge is 0.469 e. The lowest BCUT2D eigenvalue weighted by atomic mass is 9.89. The lowest BCUT2D eigenvalue weighted by Crippen LogP contribution is -2.40. The Morgan fingerprint density at radius 1 is 1.16 bits per heavy atom. The van der Waals surface area contributed by atoms with Gasteiger partial charge in [0.1, 0.15) is 11.5 Å². The predicted molar refractivity (Wildman–Crippen MR) is 120 cm³/mol. The number of nitrogens with one attached hydrogen (secondary N) is 1. The van der Waals surface area contributed by atoms with Crippen molar-refractivity contribution >= 4 is 23.0 Å². The summed E-state index contributed by atoms with van der Waals surface area (Å²) in [6.45, 7) is 6.49. The second-order valence-corrected chi connectivity index (χ2v) is 9.14. The molecule has 8 nitrogen and oxygen atoms in total. The van der Waals surface area contributed by atoms with Crippen molar-refractivity contribution in [2.45, 2.75) is 51.4 Å². The number of carbonyl (C=O) groups is 2. The number of carbonyl (C=O) groups excluding carboxylic acids is 2. The van der Waals surface area contributed by atoms with Gasteiger partial charge < -0.3 is 28.8 Å². The van der Waals surface area contributed by atoms with Crippen LogP contribution in [-0.4, -0.2) is 68.3 Å². The van der Waals surface area contributed by atoms with Gasteiger partial charge in [-0.2, -0.15) is 0 Å². The summed E-state index contributed by atoms with van der Waals surface area (Å²) < 4.78 is 21.5. The molecule has 0 saturated heterocycles. The van der Waals surface area contributed by atoms with Crippen LogP contribution in [0.4, 0.5) is 4.79 Å². The Labute approximate surface area is 189 Å². The lowest BCUT2D eigenvalue weighted by Gasteiger charge is -2.30. The fraction of sp³-hybridized carbons (Fsp3) is 0.583. The zero-order valence-electron chi connectivity index (χ0n) is 19.8. The first kappa shape index (κ1) is 24.1. The number of ether oxygens (including phenoxy) is 4. The van der Waals surface area contributed by atoms with Gasteiger partial charge in [-0.15, -0.1) is 0 Å². The Morgan fingerprint density at radius 3 is 2.47 bits per heavy atom. The number of aromatic amines is 1. The van der Waals surface area contributed by atoms with Crippen molar-refractivity contribution < 1.29 is 28.5 Å². The molecule has 2 aromatic rings. The molecule has 1 aliphatic rings. The summed E-state index contributed by atoms with van der Waals surface area (Å²) in [5.41, 5.74) is 2.63. The molecule has 0 spiro atoms. The van der Waals surface area contributed by atoms with Gasteiger partial charge in [0.25, 0.3) is 0 Å². The first-order chi connectivity index (χ1) is 15.2. The number of aromatic nitrogens is 1. The number of benzene rings is 1. The second kappa shape index (κ2) is 9.92. The van der Waals surface area contributed by atoms with Crippen LogP contribution in [0.5, 0.6) is 0 Å². The number of fused-ring (bicyclic) bond motifs is 3. The molecule has 1 N–H and O–H groups in total. The Balaban J connectivity index is 2.00. The molecule has 8 heteroatoms. The van der Waals surface area contributed by atoms with Gasteiger partial charge in [-0.3, -0.25) is 4.79 Å². The molecule has 0 radical (unpaired) electrons. The number of esters is 1. The van der Waals surface area contributed by atoms with E-state index in [4.69, 9.17) is 18.9 Å². The zero-order valence-corrected chi connectivity index (χ0v) is 19.8. The quantitative estimate of drug-likeness (QED) is 0.536. The molecule has 1 aliphatic heterocycles. The third kappa shape index (κ3) is 5.24. The summed E-state index contributed by atoms with van der Waals surface area (Å²) in [6.07, 6.45) is -0.0381. The molecule has 1 amide bonds. The Bertz CT molecular complexity index is 944. The van der Waals surface area contributed by atoms with Crippen molar-refractivity contribution in [2.24, 2.45) is 5.92 Å². The average molecular weight is 447 g/mol. The van der Waals surface area contributed by atoms with Crippen molar-refractivity contribution in [2.75, 3.05) is 34.4 Å². The standard InChI is InChI=1S/C24H34N2O6/c1-24(2,3)32-23(28)26-12-11-17-16-9-7-8-10-19(16)25-20(17)15(14-26)13-18(21(27)29-4)22(30-5)31-6/h7-10,15,18,22,25H,11-14H2,1-6H3. The molecule has 3 rings (SSSR count). The molecule has 2 unspecified atom stereocenters. The molecular weight excluding hydrogens is 412 g/mol. The fourth-order valence-electron chi connectivity index (χ4n) is 4.42. The lowest BCUT2D eigenvalue weighted by molar-refractivity contribution is -0.176. The van der Waals surface area contributed by atoms with Gasteiger partial charge in [-0.25, -0.2) is 4.79 Å². The van der Waals surface area contributed by atoms with Crippen LogP contribution in [0.15, 0.2) is 24.3 Å². The van der Waals surface area contributed by atoms with Gasteiger partial charge in [-0.1, -0.05) is 18.2 Å². The van der Waals surface area contributed by atoms with Gasteiger partial charge in [-0.05, 0) is 45.2 Å². The molecule has 176 valence electrons. The average Bonchev–Trinajstić information content (AvgIpc) is 3.02. The topological polar surface area (TPSA) is 90.1 Å². The van der Waals surface area contributed by atoms with E-state index in [-0.39, 0.29) is 12.0 Å². The normalized spacial score (nSPS) is 17.7. The molecule has 1 aromatic carbocycles. The molecule has 0 fully saturated rings. The van der Waals surface area contributed by atoms with Crippen LogP contribution in [0.1, 0.15) is 44.4 Å². The van der Waals surface area contributed by atoms with E-state index in [0.29, 0.717) is 25.9 Å². The van der Waals surface area contributed by atoms with Crippen molar-refractivity contribution in [3.63, 3.8) is 0 Å². The van der Waals surface area contributed by atoms with E-state index in [9.17, 15) is 9.59 Å². The smallest absolute Gasteiger partial charge is 0.410 e.